The predicted octanol–water partition coefficient (Wildman–Crippen LogP) is 2.90. The standard InChI is InChI=1S/C19H27N3O2S/c1-20-18(22-14-4-5-15(10-14)25-2)21-11-19(7-8-19)13-3-6-16-17(9-13)24-12-23-16/h3,6,9,14-15H,4-5,7-8,10-12H2,1-2H3,(H2,20,21,22). The van der Waals surface area contributed by atoms with Gasteiger partial charge in [-0.05, 0) is 56.1 Å². The highest BCUT2D eigenvalue weighted by Crippen LogP contribution is 2.49. The maximum Gasteiger partial charge on any atom is 0.231 e. The molecule has 2 fully saturated rings. The molecule has 0 spiro atoms. The highest BCUT2D eigenvalue weighted by molar-refractivity contribution is 7.99. The van der Waals surface area contributed by atoms with Gasteiger partial charge in [-0.1, -0.05) is 6.07 Å². The Morgan fingerprint density at radius 2 is 2.12 bits per heavy atom. The molecule has 5 nitrogen and oxygen atoms in total. The van der Waals surface area contributed by atoms with E-state index in [-0.39, 0.29) is 5.41 Å². The van der Waals surface area contributed by atoms with Gasteiger partial charge in [0.05, 0.1) is 0 Å². The van der Waals surface area contributed by atoms with Crippen molar-refractivity contribution in [1.29, 1.82) is 0 Å². The van der Waals surface area contributed by atoms with Crippen LogP contribution in [-0.2, 0) is 5.41 Å². The lowest BCUT2D eigenvalue weighted by molar-refractivity contribution is 0.174. The lowest BCUT2D eigenvalue weighted by Crippen LogP contribution is -2.45. The van der Waals surface area contributed by atoms with E-state index in [1.54, 1.807) is 0 Å². The first-order chi connectivity index (χ1) is 12.2. The number of thioether (sulfide) groups is 1. The SMILES string of the molecule is CN=C(NCC1(c2ccc3c(c2)OCO3)CC1)NC1CCC(SC)C1. The number of nitrogens with zero attached hydrogens (tertiary/aromatic N) is 1. The molecule has 0 radical (unpaired) electrons. The molecule has 2 saturated carbocycles. The van der Waals surface area contributed by atoms with E-state index in [9.17, 15) is 0 Å². The third kappa shape index (κ3) is 3.54. The van der Waals surface area contributed by atoms with Crippen molar-refractivity contribution < 1.29 is 9.47 Å². The quantitative estimate of drug-likeness (QED) is 0.624. The van der Waals surface area contributed by atoms with Gasteiger partial charge < -0.3 is 20.1 Å². The lowest BCUT2D eigenvalue weighted by Gasteiger charge is -2.21. The van der Waals surface area contributed by atoms with Gasteiger partial charge in [0.1, 0.15) is 0 Å². The molecule has 0 amide bonds. The minimum atomic E-state index is 0.204. The summed E-state index contributed by atoms with van der Waals surface area (Å²) < 4.78 is 11.0. The molecule has 6 heteroatoms. The van der Waals surface area contributed by atoms with Crippen LogP contribution in [0.15, 0.2) is 23.2 Å². The molecule has 2 unspecified atom stereocenters. The average molecular weight is 362 g/mol. The van der Waals surface area contributed by atoms with E-state index >= 15 is 0 Å². The van der Waals surface area contributed by atoms with Gasteiger partial charge in [-0.15, -0.1) is 0 Å². The van der Waals surface area contributed by atoms with Crippen LogP contribution in [0.2, 0.25) is 0 Å². The number of hydrogen-bond acceptors (Lipinski definition) is 4. The third-order valence-corrected chi connectivity index (χ3v) is 6.81. The number of ether oxygens (including phenoxy) is 2. The van der Waals surface area contributed by atoms with Crippen molar-refractivity contribution in [3.63, 3.8) is 0 Å². The molecule has 1 aromatic carbocycles. The van der Waals surface area contributed by atoms with Gasteiger partial charge in [0, 0.05) is 30.3 Å². The van der Waals surface area contributed by atoms with Crippen molar-refractivity contribution in [2.75, 3.05) is 26.6 Å². The third-order valence-electron chi connectivity index (χ3n) is 5.72. The minimum absolute atomic E-state index is 0.204. The topological polar surface area (TPSA) is 54.9 Å². The zero-order valence-electron chi connectivity index (χ0n) is 15.0. The first kappa shape index (κ1) is 16.9. The molecule has 1 aromatic rings. The molecule has 2 N–H and O–H groups in total. The first-order valence-corrected chi connectivity index (χ1v) is 10.4. The molecule has 25 heavy (non-hydrogen) atoms. The van der Waals surface area contributed by atoms with Crippen molar-refractivity contribution in [1.82, 2.24) is 10.6 Å². The van der Waals surface area contributed by atoms with Crippen molar-refractivity contribution in [2.45, 2.75) is 48.8 Å². The zero-order chi connectivity index (χ0) is 17.3. The number of aliphatic imine (C=N–C) groups is 1. The van der Waals surface area contributed by atoms with E-state index in [1.807, 2.05) is 24.9 Å². The van der Waals surface area contributed by atoms with Crippen LogP contribution >= 0.6 is 11.8 Å². The summed E-state index contributed by atoms with van der Waals surface area (Å²) in [7, 11) is 1.86. The first-order valence-electron chi connectivity index (χ1n) is 9.12. The molecular formula is C19H27N3O2S. The van der Waals surface area contributed by atoms with E-state index in [2.05, 4.69) is 34.0 Å². The molecule has 3 aliphatic rings. The van der Waals surface area contributed by atoms with E-state index in [1.165, 1.54) is 37.7 Å². The number of guanidine groups is 1. The van der Waals surface area contributed by atoms with Crippen LogP contribution in [0.4, 0.5) is 0 Å². The van der Waals surface area contributed by atoms with Crippen LogP contribution in [0.25, 0.3) is 0 Å². The maximum atomic E-state index is 5.54. The number of benzene rings is 1. The molecular weight excluding hydrogens is 334 g/mol. The average Bonchev–Trinajstić information content (AvgIpc) is 3.07. The van der Waals surface area contributed by atoms with Crippen LogP contribution in [0.5, 0.6) is 11.5 Å². The summed E-state index contributed by atoms with van der Waals surface area (Å²) in [6.45, 7) is 1.24. The summed E-state index contributed by atoms with van der Waals surface area (Å²) in [5, 5.41) is 7.95. The van der Waals surface area contributed by atoms with Crippen molar-refractivity contribution in [2.24, 2.45) is 4.99 Å². The molecule has 0 aromatic heterocycles. The molecule has 1 heterocycles. The molecule has 2 atom stereocenters. The Bertz CT molecular complexity index is 660. The molecule has 0 bridgehead atoms. The Balaban J connectivity index is 1.35. The van der Waals surface area contributed by atoms with Gasteiger partial charge in [-0.25, -0.2) is 0 Å². The Kier molecular flexibility index (Phi) is 4.71. The normalized spacial score (nSPS) is 26.6. The second kappa shape index (κ2) is 6.98. The largest absolute Gasteiger partial charge is 0.454 e. The number of hydrogen-bond donors (Lipinski definition) is 2. The van der Waals surface area contributed by atoms with Crippen molar-refractivity contribution >= 4 is 17.7 Å². The van der Waals surface area contributed by atoms with E-state index in [0.29, 0.717) is 12.8 Å². The summed E-state index contributed by atoms with van der Waals surface area (Å²) in [5.41, 5.74) is 1.54. The van der Waals surface area contributed by atoms with Crippen molar-refractivity contribution in [3.05, 3.63) is 23.8 Å². The summed E-state index contributed by atoms with van der Waals surface area (Å²) in [4.78, 5) is 4.43. The van der Waals surface area contributed by atoms with Gasteiger partial charge in [0.25, 0.3) is 0 Å². The van der Waals surface area contributed by atoms with E-state index < -0.39 is 0 Å². The van der Waals surface area contributed by atoms with E-state index in [4.69, 9.17) is 9.47 Å². The Hall–Kier alpha value is -1.56. The fourth-order valence-electron chi connectivity index (χ4n) is 3.87. The minimum Gasteiger partial charge on any atom is -0.454 e. The molecule has 1 aliphatic heterocycles. The summed E-state index contributed by atoms with van der Waals surface area (Å²) in [6.07, 6.45) is 8.39. The second-order valence-electron chi connectivity index (χ2n) is 7.29. The van der Waals surface area contributed by atoms with E-state index in [0.717, 1.165) is 29.3 Å². The fourth-order valence-corrected chi connectivity index (χ4v) is 4.67. The second-order valence-corrected chi connectivity index (χ2v) is 8.42. The summed E-state index contributed by atoms with van der Waals surface area (Å²) in [5.74, 6) is 2.66. The van der Waals surface area contributed by atoms with Gasteiger partial charge in [0.2, 0.25) is 6.79 Å². The predicted molar refractivity (Wildman–Crippen MR) is 103 cm³/mol. The highest BCUT2D eigenvalue weighted by atomic mass is 32.2. The Morgan fingerprint density at radius 3 is 2.84 bits per heavy atom. The van der Waals surface area contributed by atoms with Crippen LogP contribution in [-0.4, -0.2) is 43.9 Å². The summed E-state index contributed by atoms with van der Waals surface area (Å²) in [6, 6.07) is 6.90. The van der Waals surface area contributed by atoms with Gasteiger partial charge in [0.15, 0.2) is 17.5 Å². The maximum absolute atomic E-state index is 5.54. The van der Waals surface area contributed by atoms with Gasteiger partial charge in [-0.3, -0.25) is 4.99 Å². The van der Waals surface area contributed by atoms with Gasteiger partial charge in [-0.2, -0.15) is 11.8 Å². The number of nitrogens with one attached hydrogen (secondary N) is 2. The van der Waals surface area contributed by atoms with Crippen LogP contribution in [0.1, 0.15) is 37.7 Å². The summed E-state index contributed by atoms with van der Waals surface area (Å²) >= 11 is 1.98. The Labute approximate surface area is 154 Å². The Morgan fingerprint density at radius 1 is 1.28 bits per heavy atom. The monoisotopic (exact) mass is 361 g/mol. The smallest absolute Gasteiger partial charge is 0.231 e. The molecule has 0 saturated heterocycles. The van der Waals surface area contributed by atoms with Crippen molar-refractivity contribution in [3.8, 4) is 11.5 Å². The molecule has 136 valence electrons. The molecule has 2 aliphatic carbocycles. The van der Waals surface area contributed by atoms with Crippen LogP contribution in [0, 0.1) is 0 Å². The number of rotatable bonds is 5. The fraction of sp³-hybridized carbons (Fsp3) is 0.632. The molecule has 4 rings (SSSR count). The zero-order valence-corrected chi connectivity index (χ0v) is 15.8. The highest BCUT2D eigenvalue weighted by Gasteiger charge is 2.45. The number of fused-ring (bicyclic) bond motifs is 1. The van der Waals surface area contributed by atoms with Crippen LogP contribution < -0.4 is 20.1 Å². The van der Waals surface area contributed by atoms with Crippen LogP contribution in [0.3, 0.4) is 0 Å². The lowest BCUT2D eigenvalue weighted by atomic mass is 9.95. The van der Waals surface area contributed by atoms with Gasteiger partial charge >= 0.3 is 0 Å².